The molecule has 0 saturated carbocycles. The van der Waals surface area contributed by atoms with Gasteiger partial charge in [-0.2, -0.15) is 0 Å². The van der Waals surface area contributed by atoms with Crippen molar-refractivity contribution >= 4 is 14.7 Å². The first-order valence-electron chi connectivity index (χ1n) is 11.7. The number of carbonyl (C=O) groups is 1. The van der Waals surface area contributed by atoms with Crippen LogP contribution < -0.4 is 0 Å². The lowest BCUT2D eigenvalue weighted by atomic mass is 10.1. The minimum absolute atomic E-state index is 0.249. The molecule has 0 fully saturated rings. The number of nitrogens with zero attached hydrogens (tertiary/aromatic N) is 1. The van der Waals surface area contributed by atoms with E-state index in [9.17, 15) is 4.79 Å². The summed E-state index contributed by atoms with van der Waals surface area (Å²) in [6, 6.07) is 0.762. The van der Waals surface area contributed by atoms with Crippen molar-refractivity contribution in [2.45, 2.75) is 104 Å². The molecule has 0 aliphatic rings. The van der Waals surface area contributed by atoms with Crippen LogP contribution in [0.5, 0.6) is 0 Å². The lowest BCUT2D eigenvalue weighted by molar-refractivity contribution is -0.130. The number of amides is 1. The van der Waals surface area contributed by atoms with Crippen molar-refractivity contribution in [3.05, 3.63) is 0 Å². The SMILES string of the molecule is CCCCCCCCCCCC(=O)N(C)CCC[Si](OCC)(OCC)OCC. The van der Waals surface area contributed by atoms with Crippen molar-refractivity contribution in [3.63, 3.8) is 0 Å². The first kappa shape index (κ1) is 27.6. The fourth-order valence-electron chi connectivity index (χ4n) is 3.44. The average molecular weight is 418 g/mol. The molecule has 0 radical (unpaired) electrons. The van der Waals surface area contributed by atoms with E-state index < -0.39 is 8.80 Å². The number of carbonyl (C=O) groups excluding carboxylic acids is 1. The fraction of sp³-hybridized carbons (Fsp3) is 0.955. The zero-order valence-electron chi connectivity index (χ0n) is 19.4. The second-order valence-electron chi connectivity index (χ2n) is 7.48. The third-order valence-electron chi connectivity index (χ3n) is 4.99. The van der Waals surface area contributed by atoms with E-state index in [1.807, 2.05) is 32.7 Å². The van der Waals surface area contributed by atoms with Crippen LogP contribution in [0.25, 0.3) is 0 Å². The fourth-order valence-corrected chi connectivity index (χ4v) is 6.03. The van der Waals surface area contributed by atoms with Crippen molar-refractivity contribution in [2.75, 3.05) is 33.4 Å². The highest BCUT2D eigenvalue weighted by molar-refractivity contribution is 6.60. The Morgan fingerprint density at radius 3 is 1.64 bits per heavy atom. The Bertz CT molecular complexity index is 351. The maximum absolute atomic E-state index is 12.3. The van der Waals surface area contributed by atoms with Crippen LogP contribution in [0.15, 0.2) is 0 Å². The van der Waals surface area contributed by atoms with Crippen molar-refractivity contribution in [1.82, 2.24) is 4.90 Å². The molecule has 6 heteroatoms. The van der Waals surface area contributed by atoms with Crippen LogP contribution in [0.3, 0.4) is 0 Å². The Balaban J connectivity index is 3.94. The second-order valence-corrected chi connectivity index (χ2v) is 10.2. The predicted molar refractivity (Wildman–Crippen MR) is 120 cm³/mol. The van der Waals surface area contributed by atoms with Gasteiger partial charge in [0, 0.05) is 45.9 Å². The molecule has 0 aromatic heterocycles. The van der Waals surface area contributed by atoms with Crippen LogP contribution in [0.1, 0.15) is 98.3 Å². The van der Waals surface area contributed by atoms with Crippen LogP contribution in [0, 0.1) is 0 Å². The minimum atomic E-state index is -2.59. The van der Waals surface area contributed by atoms with Crippen LogP contribution in [0.4, 0.5) is 0 Å². The van der Waals surface area contributed by atoms with E-state index in [0.29, 0.717) is 26.2 Å². The highest BCUT2D eigenvalue weighted by atomic mass is 28.4. The summed E-state index contributed by atoms with van der Waals surface area (Å²) in [7, 11) is -0.684. The summed E-state index contributed by atoms with van der Waals surface area (Å²) in [5.41, 5.74) is 0. The van der Waals surface area contributed by atoms with Gasteiger partial charge in [-0.1, -0.05) is 58.3 Å². The van der Waals surface area contributed by atoms with E-state index in [1.54, 1.807) is 0 Å². The summed E-state index contributed by atoms with van der Waals surface area (Å²) in [6.45, 7) is 10.7. The van der Waals surface area contributed by atoms with Gasteiger partial charge in [0.1, 0.15) is 0 Å². The van der Waals surface area contributed by atoms with Gasteiger partial charge >= 0.3 is 8.80 Å². The molecule has 0 rings (SSSR count). The summed E-state index contributed by atoms with van der Waals surface area (Å²) in [5, 5.41) is 0. The number of hydrogen-bond donors (Lipinski definition) is 0. The van der Waals surface area contributed by atoms with Gasteiger partial charge in [0.25, 0.3) is 0 Å². The molecule has 5 nitrogen and oxygen atoms in total. The molecule has 1 amide bonds. The monoisotopic (exact) mass is 417 g/mol. The van der Waals surface area contributed by atoms with Crippen LogP contribution in [-0.4, -0.2) is 53.0 Å². The van der Waals surface area contributed by atoms with E-state index in [-0.39, 0.29) is 5.91 Å². The third-order valence-corrected chi connectivity index (χ3v) is 8.14. The maximum atomic E-state index is 12.3. The van der Waals surface area contributed by atoms with E-state index in [1.165, 1.54) is 51.4 Å². The zero-order chi connectivity index (χ0) is 21.1. The molecule has 0 aliphatic carbocycles. The first-order valence-corrected chi connectivity index (χ1v) is 13.6. The largest absolute Gasteiger partial charge is 0.500 e. The van der Waals surface area contributed by atoms with Gasteiger partial charge in [0.2, 0.25) is 5.91 Å². The van der Waals surface area contributed by atoms with Crippen LogP contribution in [0.2, 0.25) is 6.04 Å². The smallest absolute Gasteiger partial charge is 0.374 e. The molecule has 0 aliphatic heterocycles. The molecule has 0 N–H and O–H groups in total. The first-order chi connectivity index (χ1) is 13.5. The van der Waals surface area contributed by atoms with Crippen molar-refractivity contribution in [2.24, 2.45) is 0 Å². The van der Waals surface area contributed by atoms with Gasteiger partial charge in [0.15, 0.2) is 0 Å². The topological polar surface area (TPSA) is 48.0 Å². The van der Waals surface area contributed by atoms with Gasteiger partial charge in [-0.25, -0.2) is 0 Å². The Hall–Kier alpha value is -0.433. The quantitative estimate of drug-likeness (QED) is 0.185. The van der Waals surface area contributed by atoms with E-state index in [4.69, 9.17) is 13.3 Å². The maximum Gasteiger partial charge on any atom is 0.500 e. The number of unbranched alkanes of at least 4 members (excludes halogenated alkanes) is 8. The van der Waals surface area contributed by atoms with Gasteiger partial charge in [0.05, 0.1) is 0 Å². The summed E-state index contributed by atoms with van der Waals surface area (Å²) >= 11 is 0. The lowest BCUT2D eigenvalue weighted by Gasteiger charge is -2.29. The van der Waals surface area contributed by atoms with Crippen LogP contribution in [-0.2, 0) is 18.1 Å². The highest BCUT2D eigenvalue weighted by Gasteiger charge is 2.39. The van der Waals surface area contributed by atoms with Crippen molar-refractivity contribution in [3.8, 4) is 0 Å². The number of rotatable bonds is 20. The Morgan fingerprint density at radius 2 is 1.18 bits per heavy atom. The molecule has 0 heterocycles. The third kappa shape index (κ3) is 13.7. The van der Waals surface area contributed by atoms with E-state index >= 15 is 0 Å². The molecule has 0 bridgehead atoms. The Labute approximate surface area is 175 Å². The Kier molecular flexibility index (Phi) is 18.3. The van der Waals surface area contributed by atoms with Crippen molar-refractivity contribution in [1.29, 1.82) is 0 Å². The normalized spacial score (nSPS) is 11.8. The number of hydrogen-bond acceptors (Lipinski definition) is 4. The second kappa shape index (κ2) is 18.6. The molecule has 0 aromatic rings. The molecular formula is C22H47NO4Si. The van der Waals surface area contributed by atoms with Gasteiger partial charge in [-0.3, -0.25) is 4.79 Å². The van der Waals surface area contributed by atoms with Gasteiger partial charge in [-0.15, -0.1) is 0 Å². The van der Waals surface area contributed by atoms with Gasteiger partial charge < -0.3 is 18.2 Å². The molecule has 0 unspecified atom stereocenters. The summed E-state index contributed by atoms with van der Waals surface area (Å²) in [5.74, 6) is 0.249. The Morgan fingerprint density at radius 1 is 0.714 bits per heavy atom. The van der Waals surface area contributed by atoms with E-state index in [0.717, 1.165) is 25.4 Å². The standard InChI is InChI=1S/C22H47NO4Si/c1-6-10-11-12-13-14-15-16-17-19-22(24)23(5)20-18-21-28(25-7-2,26-8-3)27-9-4/h6-21H2,1-5H3. The van der Waals surface area contributed by atoms with Crippen molar-refractivity contribution < 1.29 is 18.1 Å². The summed E-state index contributed by atoms with van der Waals surface area (Å²) in [4.78, 5) is 14.2. The van der Waals surface area contributed by atoms with Crippen LogP contribution >= 0.6 is 0 Å². The highest BCUT2D eigenvalue weighted by Crippen LogP contribution is 2.18. The lowest BCUT2D eigenvalue weighted by Crippen LogP contribution is -2.46. The molecule has 168 valence electrons. The molecule has 0 spiro atoms. The summed E-state index contributed by atoms with van der Waals surface area (Å²) < 4.78 is 17.6. The average Bonchev–Trinajstić information content (AvgIpc) is 2.67. The molecule has 0 aromatic carbocycles. The molecule has 0 atom stereocenters. The predicted octanol–water partition coefficient (Wildman–Crippen LogP) is 5.80. The molecule has 28 heavy (non-hydrogen) atoms. The molecule has 0 saturated heterocycles. The van der Waals surface area contributed by atoms with E-state index in [2.05, 4.69) is 6.92 Å². The summed E-state index contributed by atoms with van der Waals surface area (Å²) in [6.07, 6.45) is 13.0. The minimum Gasteiger partial charge on any atom is -0.374 e. The van der Waals surface area contributed by atoms with Gasteiger partial charge in [-0.05, 0) is 33.6 Å². The molecular weight excluding hydrogens is 370 g/mol. The zero-order valence-corrected chi connectivity index (χ0v) is 20.4.